The number of carbonyl (C=O) groups excluding carboxylic acids is 2. The lowest BCUT2D eigenvalue weighted by Crippen LogP contribution is -2.35. The van der Waals surface area contributed by atoms with Crippen LogP contribution in [0.25, 0.3) is 0 Å². The highest BCUT2D eigenvalue weighted by molar-refractivity contribution is 5.89. The molecule has 1 aromatic heterocycles. The molecule has 1 atom stereocenters. The molecule has 2 aliphatic heterocycles. The van der Waals surface area contributed by atoms with Gasteiger partial charge in [-0.2, -0.15) is 0 Å². The van der Waals surface area contributed by atoms with E-state index in [1.165, 1.54) is 0 Å². The van der Waals surface area contributed by atoms with E-state index in [-0.39, 0.29) is 18.7 Å². The summed E-state index contributed by atoms with van der Waals surface area (Å²) in [4.78, 5) is 34.7. The molecule has 3 heterocycles. The van der Waals surface area contributed by atoms with Crippen LogP contribution in [-0.4, -0.2) is 54.4 Å². The zero-order chi connectivity index (χ0) is 20.2. The van der Waals surface area contributed by atoms with E-state index in [4.69, 9.17) is 14.2 Å². The first-order chi connectivity index (χ1) is 14.1. The smallest absolute Gasteiger partial charge is 0.414 e. The summed E-state index contributed by atoms with van der Waals surface area (Å²) >= 11 is 0. The fourth-order valence-corrected chi connectivity index (χ4v) is 3.53. The van der Waals surface area contributed by atoms with Gasteiger partial charge in [-0.25, -0.2) is 9.78 Å². The van der Waals surface area contributed by atoms with Crippen LogP contribution in [0.2, 0.25) is 0 Å². The minimum absolute atomic E-state index is 0.0705. The first-order valence-corrected chi connectivity index (χ1v) is 9.77. The number of rotatable bonds is 6. The monoisotopic (exact) mass is 400 g/mol. The summed E-state index contributed by atoms with van der Waals surface area (Å²) in [7, 11) is 0. The molecular weight excluding hydrogens is 376 g/mol. The van der Waals surface area contributed by atoms with Crippen LogP contribution in [0.15, 0.2) is 30.7 Å². The van der Waals surface area contributed by atoms with E-state index < -0.39 is 6.09 Å². The molecule has 9 heteroatoms. The van der Waals surface area contributed by atoms with Crippen LogP contribution in [0.5, 0.6) is 5.75 Å². The number of ether oxygens (including phenoxy) is 3. The van der Waals surface area contributed by atoms with Crippen LogP contribution < -0.4 is 14.5 Å². The molecule has 2 aromatic rings. The lowest BCUT2D eigenvalue weighted by atomic mass is 10.2. The minimum atomic E-state index is -0.466. The number of esters is 1. The number of fused-ring (bicyclic) bond motifs is 1. The molecule has 9 nitrogen and oxygen atoms in total. The van der Waals surface area contributed by atoms with Gasteiger partial charge in [0.1, 0.15) is 25.1 Å². The molecule has 1 amide bonds. The number of hydrogen-bond donors (Lipinski definition) is 1. The zero-order valence-corrected chi connectivity index (χ0v) is 16.3. The van der Waals surface area contributed by atoms with Crippen molar-refractivity contribution < 1.29 is 23.8 Å². The van der Waals surface area contributed by atoms with E-state index in [0.717, 1.165) is 29.4 Å². The summed E-state index contributed by atoms with van der Waals surface area (Å²) < 4.78 is 16.3. The van der Waals surface area contributed by atoms with E-state index in [9.17, 15) is 9.59 Å². The van der Waals surface area contributed by atoms with Gasteiger partial charge in [-0.05, 0) is 31.5 Å². The highest BCUT2D eigenvalue weighted by atomic mass is 16.6. The number of carbonyl (C=O) groups is 2. The van der Waals surface area contributed by atoms with Gasteiger partial charge in [0, 0.05) is 24.8 Å². The Balaban J connectivity index is 1.48. The topological polar surface area (TPSA) is 97.0 Å². The lowest BCUT2D eigenvalue weighted by molar-refractivity contribution is -0.142. The van der Waals surface area contributed by atoms with Crippen molar-refractivity contribution in [3.8, 4) is 5.75 Å². The Morgan fingerprint density at radius 3 is 3.07 bits per heavy atom. The van der Waals surface area contributed by atoms with Gasteiger partial charge in [0.15, 0.2) is 0 Å². The van der Waals surface area contributed by atoms with Crippen molar-refractivity contribution in [2.24, 2.45) is 0 Å². The van der Waals surface area contributed by atoms with Gasteiger partial charge in [-0.1, -0.05) is 0 Å². The van der Waals surface area contributed by atoms with Gasteiger partial charge in [-0.3, -0.25) is 9.69 Å². The Morgan fingerprint density at radius 1 is 1.45 bits per heavy atom. The number of nitrogens with zero attached hydrogens (tertiary/aromatic N) is 3. The summed E-state index contributed by atoms with van der Waals surface area (Å²) in [6, 6.07) is 5.66. The minimum Gasteiger partial charge on any atom is -0.490 e. The molecule has 0 aliphatic carbocycles. The van der Waals surface area contributed by atoms with Crippen molar-refractivity contribution in [3.63, 3.8) is 0 Å². The number of nitrogens with one attached hydrogen (secondary N) is 1. The maximum atomic E-state index is 12.6. The second kappa shape index (κ2) is 8.42. The van der Waals surface area contributed by atoms with E-state index >= 15 is 0 Å². The van der Waals surface area contributed by atoms with Crippen LogP contribution in [0.3, 0.4) is 0 Å². The summed E-state index contributed by atoms with van der Waals surface area (Å²) in [5.41, 5.74) is 2.64. The summed E-state index contributed by atoms with van der Waals surface area (Å²) in [6.07, 6.45) is 3.58. The third-order valence-electron chi connectivity index (χ3n) is 5.03. The molecule has 29 heavy (non-hydrogen) atoms. The molecule has 0 unspecified atom stereocenters. The molecular formula is C20H24N4O5. The molecule has 0 radical (unpaired) electrons. The second-order valence-corrected chi connectivity index (χ2v) is 6.97. The van der Waals surface area contributed by atoms with Crippen molar-refractivity contribution in [2.45, 2.75) is 32.4 Å². The van der Waals surface area contributed by atoms with Crippen molar-refractivity contribution >= 4 is 23.4 Å². The summed E-state index contributed by atoms with van der Waals surface area (Å²) in [5.74, 6) is 0.534. The normalized spacial score (nSPS) is 18.0. The van der Waals surface area contributed by atoms with Crippen molar-refractivity contribution in [3.05, 3.63) is 36.4 Å². The predicted octanol–water partition coefficient (Wildman–Crippen LogP) is 2.48. The van der Waals surface area contributed by atoms with Crippen molar-refractivity contribution in [2.75, 3.05) is 36.1 Å². The molecule has 1 N–H and O–H groups in total. The fourth-order valence-electron chi connectivity index (χ4n) is 3.53. The quantitative estimate of drug-likeness (QED) is 0.744. The van der Waals surface area contributed by atoms with E-state index in [1.54, 1.807) is 17.4 Å². The van der Waals surface area contributed by atoms with Gasteiger partial charge < -0.3 is 24.1 Å². The molecule has 2 aliphatic rings. The third-order valence-corrected chi connectivity index (χ3v) is 5.03. The first-order valence-electron chi connectivity index (χ1n) is 9.77. The number of anilines is 2. The Kier molecular flexibility index (Phi) is 5.55. The molecule has 0 spiro atoms. The molecule has 1 aromatic carbocycles. The molecule has 0 saturated carbocycles. The second-order valence-electron chi connectivity index (χ2n) is 6.97. The van der Waals surface area contributed by atoms with E-state index in [0.29, 0.717) is 32.5 Å². The van der Waals surface area contributed by atoms with Gasteiger partial charge >= 0.3 is 12.1 Å². The molecule has 154 valence electrons. The molecule has 4 rings (SSSR count). The average Bonchev–Trinajstić information content (AvgIpc) is 3.39. The highest BCUT2D eigenvalue weighted by Crippen LogP contribution is 2.36. The van der Waals surface area contributed by atoms with Crippen molar-refractivity contribution in [1.82, 2.24) is 9.97 Å². The van der Waals surface area contributed by atoms with Gasteiger partial charge in [0.2, 0.25) is 0 Å². The Bertz CT molecular complexity index is 870. The van der Waals surface area contributed by atoms with Crippen LogP contribution >= 0.6 is 0 Å². The Morgan fingerprint density at radius 2 is 2.34 bits per heavy atom. The average molecular weight is 400 g/mol. The molecule has 1 saturated heterocycles. The largest absolute Gasteiger partial charge is 0.490 e. The fraction of sp³-hybridized carbons (Fsp3) is 0.450. The zero-order valence-electron chi connectivity index (χ0n) is 16.3. The first kappa shape index (κ1) is 19.1. The Labute approximate surface area is 168 Å². The number of H-pyrrole nitrogens is 1. The standard InChI is InChI=1S/C20H24N4O5/c1-2-24(20(26)28-12-16-4-6-19(25)29-16)15-3-5-18-17(9-15)23(7-8-27-18)11-14-10-21-13-22-14/h3,5,9-10,13,16H,2,4,6-8,11-12H2,1H3,(H,21,22)/t16-/m1/s1. The maximum absolute atomic E-state index is 12.6. The van der Waals surface area contributed by atoms with Gasteiger partial charge in [-0.15, -0.1) is 0 Å². The van der Waals surface area contributed by atoms with Crippen LogP contribution in [0, 0.1) is 0 Å². The number of benzene rings is 1. The summed E-state index contributed by atoms with van der Waals surface area (Å²) in [5, 5.41) is 0. The predicted molar refractivity (Wildman–Crippen MR) is 105 cm³/mol. The van der Waals surface area contributed by atoms with Crippen molar-refractivity contribution in [1.29, 1.82) is 0 Å². The van der Waals surface area contributed by atoms with E-state index in [2.05, 4.69) is 14.9 Å². The number of hydrogen-bond acceptors (Lipinski definition) is 7. The van der Waals surface area contributed by atoms with Crippen LogP contribution in [0.4, 0.5) is 16.2 Å². The van der Waals surface area contributed by atoms with E-state index in [1.807, 2.05) is 25.1 Å². The molecule has 0 bridgehead atoms. The number of aromatic nitrogens is 2. The van der Waals surface area contributed by atoms with Crippen LogP contribution in [0.1, 0.15) is 25.5 Å². The lowest BCUT2D eigenvalue weighted by Gasteiger charge is -2.32. The van der Waals surface area contributed by atoms with Gasteiger partial charge in [0.05, 0.1) is 30.8 Å². The number of aromatic amines is 1. The van der Waals surface area contributed by atoms with Crippen LogP contribution in [-0.2, 0) is 20.8 Å². The number of amides is 1. The SMILES string of the molecule is CCN(C(=O)OC[C@H]1CCC(=O)O1)c1ccc2c(c1)N(Cc1cnc[nH]1)CCO2. The maximum Gasteiger partial charge on any atom is 0.414 e. The van der Waals surface area contributed by atoms with Gasteiger partial charge in [0.25, 0.3) is 0 Å². The number of imidazole rings is 1. The summed E-state index contributed by atoms with van der Waals surface area (Å²) in [6.45, 7) is 4.41. The highest BCUT2D eigenvalue weighted by Gasteiger charge is 2.27. The Hall–Kier alpha value is -3.23. The third kappa shape index (κ3) is 4.28. The number of cyclic esters (lactones) is 1. The molecule has 1 fully saturated rings.